The van der Waals surface area contributed by atoms with E-state index in [9.17, 15) is 9.59 Å². The first-order chi connectivity index (χ1) is 9.43. The minimum absolute atomic E-state index is 0.0932. The van der Waals surface area contributed by atoms with E-state index in [1.54, 1.807) is 17.0 Å². The molecule has 1 aromatic rings. The highest BCUT2D eigenvalue weighted by molar-refractivity contribution is 6.33. The van der Waals surface area contributed by atoms with Crippen LogP contribution in [-0.2, 0) is 9.53 Å². The van der Waals surface area contributed by atoms with Crippen LogP contribution in [0.1, 0.15) is 22.8 Å². The third-order valence-electron chi connectivity index (χ3n) is 3.76. The van der Waals surface area contributed by atoms with Crippen LogP contribution in [0.25, 0.3) is 0 Å². The number of rotatable bonds is 2. The smallest absolute Gasteiger partial charge is 0.310 e. The summed E-state index contributed by atoms with van der Waals surface area (Å²) in [6.07, 6.45) is 0. The number of halogens is 1. The molecular formula is C15H18ClNO3. The van der Waals surface area contributed by atoms with Crippen molar-refractivity contribution in [2.75, 3.05) is 20.2 Å². The zero-order chi connectivity index (χ0) is 14.9. The van der Waals surface area contributed by atoms with Gasteiger partial charge >= 0.3 is 5.97 Å². The van der Waals surface area contributed by atoms with Gasteiger partial charge in [0.25, 0.3) is 5.91 Å². The standard InChI is InChI=1S/C15H18ClNO3/c1-9-4-5-11(13(16)6-9)14(18)17-7-10(2)12(8-17)15(19)20-3/h4-6,10,12H,7-8H2,1-3H3. The average Bonchev–Trinajstić information content (AvgIpc) is 2.79. The fourth-order valence-electron chi connectivity index (χ4n) is 2.55. The first kappa shape index (κ1) is 14.9. The van der Waals surface area contributed by atoms with Crippen molar-refractivity contribution >= 4 is 23.5 Å². The van der Waals surface area contributed by atoms with Gasteiger partial charge in [0, 0.05) is 13.1 Å². The maximum Gasteiger partial charge on any atom is 0.310 e. The molecule has 108 valence electrons. The van der Waals surface area contributed by atoms with Crippen LogP contribution in [0.5, 0.6) is 0 Å². The molecule has 0 spiro atoms. The molecule has 1 amide bonds. The SMILES string of the molecule is COC(=O)C1CN(C(=O)c2ccc(C)cc2Cl)CC1C. The van der Waals surface area contributed by atoms with Crippen molar-refractivity contribution in [3.05, 3.63) is 34.3 Å². The first-order valence-corrected chi connectivity index (χ1v) is 6.95. The van der Waals surface area contributed by atoms with E-state index in [1.165, 1.54) is 7.11 Å². The Morgan fingerprint density at radius 3 is 2.65 bits per heavy atom. The van der Waals surface area contributed by atoms with E-state index in [-0.39, 0.29) is 23.7 Å². The monoisotopic (exact) mass is 295 g/mol. The molecule has 5 heteroatoms. The van der Waals surface area contributed by atoms with Gasteiger partial charge in [-0.3, -0.25) is 9.59 Å². The molecule has 0 aliphatic carbocycles. The van der Waals surface area contributed by atoms with E-state index >= 15 is 0 Å². The highest BCUT2D eigenvalue weighted by Crippen LogP contribution is 2.27. The van der Waals surface area contributed by atoms with E-state index < -0.39 is 0 Å². The van der Waals surface area contributed by atoms with Crippen molar-refractivity contribution in [1.29, 1.82) is 0 Å². The summed E-state index contributed by atoms with van der Waals surface area (Å²) in [6.45, 7) is 4.80. The van der Waals surface area contributed by atoms with Crippen molar-refractivity contribution in [2.45, 2.75) is 13.8 Å². The number of methoxy groups -OCH3 is 1. The number of hydrogen-bond acceptors (Lipinski definition) is 3. The predicted octanol–water partition coefficient (Wildman–Crippen LogP) is 2.53. The maximum atomic E-state index is 12.5. The van der Waals surface area contributed by atoms with Crippen LogP contribution in [0.4, 0.5) is 0 Å². The Morgan fingerprint density at radius 2 is 2.05 bits per heavy atom. The second-order valence-corrected chi connectivity index (χ2v) is 5.71. The molecule has 0 saturated carbocycles. The number of carbonyl (C=O) groups is 2. The van der Waals surface area contributed by atoms with Crippen molar-refractivity contribution in [1.82, 2.24) is 4.90 Å². The molecule has 2 unspecified atom stereocenters. The van der Waals surface area contributed by atoms with Gasteiger partial charge in [-0.25, -0.2) is 0 Å². The number of esters is 1. The molecule has 0 bridgehead atoms. The summed E-state index contributed by atoms with van der Waals surface area (Å²) in [5.41, 5.74) is 1.49. The van der Waals surface area contributed by atoms with E-state index in [2.05, 4.69) is 0 Å². The molecule has 1 heterocycles. The summed E-state index contributed by atoms with van der Waals surface area (Å²) >= 11 is 6.13. The maximum absolute atomic E-state index is 12.5. The Labute approximate surface area is 123 Å². The van der Waals surface area contributed by atoms with Gasteiger partial charge in [0.15, 0.2) is 0 Å². The van der Waals surface area contributed by atoms with Gasteiger partial charge in [-0.2, -0.15) is 0 Å². The molecule has 2 rings (SSSR count). The molecule has 1 aromatic carbocycles. The number of carbonyl (C=O) groups excluding carboxylic acids is 2. The number of hydrogen-bond donors (Lipinski definition) is 0. The van der Waals surface area contributed by atoms with Crippen molar-refractivity contribution in [3.63, 3.8) is 0 Å². The molecule has 0 radical (unpaired) electrons. The zero-order valence-corrected chi connectivity index (χ0v) is 12.6. The Hall–Kier alpha value is -1.55. The number of aryl methyl sites for hydroxylation is 1. The lowest BCUT2D eigenvalue weighted by Gasteiger charge is -2.17. The molecule has 2 atom stereocenters. The summed E-state index contributed by atoms with van der Waals surface area (Å²) in [6, 6.07) is 5.36. The lowest BCUT2D eigenvalue weighted by molar-refractivity contribution is -0.146. The molecule has 1 aliphatic rings. The molecule has 1 fully saturated rings. The zero-order valence-electron chi connectivity index (χ0n) is 11.9. The van der Waals surface area contributed by atoms with Gasteiger partial charge in [0.05, 0.1) is 23.6 Å². The van der Waals surface area contributed by atoms with E-state index in [4.69, 9.17) is 16.3 Å². The fourth-order valence-corrected chi connectivity index (χ4v) is 2.87. The molecule has 1 saturated heterocycles. The number of likely N-dealkylation sites (tertiary alicyclic amines) is 1. The van der Waals surface area contributed by atoms with Crippen molar-refractivity contribution < 1.29 is 14.3 Å². The Morgan fingerprint density at radius 1 is 1.35 bits per heavy atom. The van der Waals surface area contributed by atoms with Crippen LogP contribution >= 0.6 is 11.6 Å². The minimum atomic E-state index is -0.261. The number of benzene rings is 1. The van der Waals surface area contributed by atoms with Gasteiger partial charge in [0.2, 0.25) is 0 Å². The Balaban J connectivity index is 2.17. The summed E-state index contributed by atoms with van der Waals surface area (Å²) in [7, 11) is 1.37. The summed E-state index contributed by atoms with van der Waals surface area (Å²) < 4.78 is 4.77. The third kappa shape index (κ3) is 2.80. The summed E-state index contributed by atoms with van der Waals surface area (Å²) in [5.74, 6) is -0.556. The fraction of sp³-hybridized carbons (Fsp3) is 0.467. The normalized spacial score (nSPS) is 21.9. The van der Waals surface area contributed by atoms with Crippen LogP contribution in [0, 0.1) is 18.8 Å². The van der Waals surface area contributed by atoms with Crippen LogP contribution in [0.2, 0.25) is 5.02 Å². The Bertz CT molecular complexity index is 544. The minimum Gasteiger partial charge on any atom is -0.469 e. The van der Waals surface area contributed by atoms with Crippen LogP contribution in [0.15, 0.2) is 18.2 Å². The largest absolute Gasteiger partial charge is 0.469 e. The molecule has 0 N–H and O–H groups in total. The third-order valence-corrected chi connectivity index (χ3v) is 4.07. The number of ether oxygens (including phenoxy) is 1. The first-order valence-electron chi connectivity index (χ1n) is 6.57. The van der Waals surface area contributed by atoms with Crippen LogP contribution in [0.3, 0.4) is 0 Å². The molecule has 4 nitrogen and oxygen atoms in total. The van der Waals surface area contributed by atoms with Crippen molar-refractivity contribution in [3.8, 4) is 0 Å². The molecular weight excluding hydrogens is 278 g/mol. The second kappa shape index (κ2) is 5.83. The average molecular weight is 296 g/mol. The van der Waals surface area contributed by atoms with E-state index in [1.807, 2.05) is 19.9 Å². The van der Waals surface area contributed by atoms with Gasteiger partial charge in [-0.15, -0.1) is 0 Å². The second-order valence-electron chi connectivity index (χ2n) is 5.30. The van der Waals surface area contributed by atoms with Gasteiger partial charge in [-0.1, -0.05) is 24.6 Å². The molecule has 0 aromatic heterocycles. The Kier molecular flexibility index (Phi) is 4.33. The topological polar surface area (TPSA) is 46.6 Å². The number of amides is 1. The summed E-state index contributed by atoms with van der Waals surface area (Å²) in [4.78, 5) is 25.8. The predicted molar refractivity (Wildman–Crippen MR) is 76.8 cm³/mol. The molecule has 20 heavy (non-hydrogen) atoms. The van der Waals surface area contributed by atoms with Crippen LogP contribution in [-0.4, -0.2) is 37.0 Å². The van der Waals surface area contributed by atoms with Gasteiger partial charge in [0.1, 0.15) is 0 Å². The lowest BCUT2D eigenvalue weighted by Crippen LogP contribution is -2.30. The quantitative estimate of drug-likeness (QED) is 0.788. The summed E-state index contributed by atoms with van der Waals surface area (Å²) in [5, 5.41) is 0.448. The van der Waals surface area contributed by atoms with E-state index in [0.717, 1.165) is 5.56 Å². The van der Waals surface area contributed by atoms with E-state index in [0.29, 0.717) is 23.7 Å². The van der Waals surface area contributed by atoms with Crippen LogP contribution < -0.4 is 0 Å². The van der Waals surface area contributed by atoms with Gasteiger partial charge < -0.3 is 9.64 Å². The lowest BCUT2D eigenvalue weighted by atomic mass is 9.99. The highest BCUT2D eigenvalue weighted by atomic mass is 35.5. The van der Waals surface area contributed by atoms with Crippen molar-refractivity contribution in [2.24, 2.45) is 11.8 Å². The molecule has 1 aliphatic heterocycles. The number of nitrogens with zero attached hydrogens (tertiary/aromatic N) is 1. The highest BCUT2D eigenvalue weighted by Gasteiger charge is 2.38. The van der Waals surface area contributed by atoms with Gasteiger partial charge in [-0.05, 0) is 30.5 Å².